The highest BCUT2D eigenvalue weighted by Crippen LogP contribution is 2.45. The van der Waals surface area contributed by atoms with Gasteiger partial charge < -0.3 is 29.9 Å². The molecular weight excluding hydrogens is 849 g/mol. The van der Waals surface area contributed by atoms with Crippen molar-refractivity contribution in [2.75, 3.05) is 47.9 Å². The summed E-state index contributed by atoms with van der Waals surface area (Å²) in [7, 11) is 0. The molecule has 2 amide bonds. The molecule has 344 valence electrons. The average Bonchev–Trinajstić information content (AvgIpc) is 4.10. The number of benzene rings is 2. The van der Waals surface area contributed by atoms with E-state index in [2.05, 4.69) is 59.7 Å². The number of aliphatic hydroxyl groups excluding tert-OH is 1. The highest BCUT2D eigenvalue weighted by Gasteiger charge is 2.42. The Morgan fingerprint density at radius 3 is 2.41 bits per heavy atom. The minimum Gasteiger partial charge on any atom is -0.384 e. The number of halogens is 2. The molecule has 0 spiro atoms. The van der Waals surface area contributed by atoms with Crippen molar-refractivity contribution in [3.63, 3.8) is 0 Å². The van der Waals surface area contributed by atoms with Crippen LogP contribution in [0.4, 0.5) is 37.7 Å². The van der Waals surface area contributed by atoms with Crippen molar-refractivity contribution < 1.29 is 33.1 Å². The number of amides is 2. The molecule has 4 N–H and O–H groups in total. The summed E-state index contributed by atoms with van der Waals surface area (Å²) in [5.74, 6) is -0.0870. The van der Waals surface area contributed by atoms with Gasteiger partial charge in [0.15, 0.2) is 17.6 Å². The maximum Gasteiger partial charge on any atom is 0.267 e. The molecule has 2 aromatic carbocycles. The Morgan fingerprint density at radius 1 is 0.924 bits per heavy atom. The van der Waals surface area contributed by atoms with E-state index in [1.807, 2.05) is 25.1 Å². The molecule has 8 heterocycles. The SMILES string of the molecule is CC[C@@]1(O)CCc2ccc(N3c4nc(Nc5ccc(N6CCC(N7CCC(N8Cc9cc%10onc(C%11CCC(=O)NC%11=O)c%10cc9C8)CC7)CC6)cc5)ncc4C(O)N3CC=C(F)F)nc21. The Labute approximate surface area is 380 Å². The fourth-order valence-corrected chi connectivity index (χ4v) is 11.1. The molecule has 6 aliphatic rings. The van der Waals surface area contributed by atoms with Gasteiger partial charge >= 0.3 is 0 Å². The molecule has 16 nitrogen and oxygen atoms in total. The summed E-state index contributed by atoms with van der Waals surface area (Å²) in [6, 6.07) is 17.1. The van der Waals surface area contributed by atoms with Gasteiger partial charge in [-0.05, 0) is 130 Å². The highest BCUT2D eigenvalue weighted by atomic mass is 19.3. The average molecular weight is 902 g/mol. The molecule has 3 aromatic heterocycles. The second-order valence-corrected chi connectivity index (χ2v) is 18.6. The third-order valence-corrected chi connectivity index (χ3v) is 14.9. The summed E-state index contributed by atoms with van der Waals surface area (Å²) in [5.41, 5.74) is 6.50. The Hall–Kier alpha value is -5.92. The summed E-state index contributed by atoms with van der Waals surface area (Å²) in [4.78, 5) is 46.1. The number of imide groups is 1. The van der Waals surface area contributed by atoms with Gasteiger partial charge in [0.05, 0.1) is 17.2 Å². The first kappa shape index (κ1) is 42.7. The number of nitrogens with one attached hydrogen (secondary N) is 2. The maximum atomic E-state index is 13.3. The Bertz CT molecular complexity index is 2720. The number of anilines is 5. The smallest absolute Gasteiger partial charge is 0.267 e. The molecule has 66 heavy (non-hydrogen) atoms. The van der Waals surface area contributed by atoms with Gasteiger partial charge in [0.1, 0.15) is 17.1 Å². The summed E-state index contributed by atoms with van der Waals surface area (Å²) in [6.45, 7) is 7.43. The van der Waals surface area contributed by atoms with Gasteiger partial charge in [0.25, 0.3) is 6.08 Å². The summed E-state index contributed by atoms with van der Waals surface area (Å²) in [6.07, 6.45) is 5.96. The number of hydrogen-bond acceptors (Lipinski definition) is 15. The number of hydrogen-bond donors (Lipinski definition) is 4. The molecule has 3 atom stereocenters. The molecular formula is C48H53F2N11O5. The molecule has 11 rings (SSSR count). The number of hydrazine groups is 1. The van der Waals surface area contributed by atoms with Crippen LogP contribution >= 0.6 is 0 Å². The molecule has 0 radical (unpaired) electrons. The van der Waals surface area contributed by atoms with E-state index < -0.39 is 23.8 Å². The zero-order valence-corrected chi connectivity index (χ0v) is 36.8. The molecule has 18 heteroatoms. The Balaban J connectivity index is 0.695. The molecule has 2 unspecified atom stereocenters. The van der Waals surface area contributed by atoms with Crippen molar-refractivity contribution in [3.8, 4) is 0 Å². The Morgan fingerprint density at radius 2 is 1.67 bits per heavy atom. The number of fused-ring (bicyclic) bond motifs is 4. The van der Waals surface area contributed by atoms with Crippen molar-refractivity contribution >= 4 is 51.7 Å². The van der Waals surface area contributed by atoms with Gasteiger partial charge in [-0.1, -0.05) is 18.1 Å². The predicted molar refractivity (Wildman–Crippen MR) is 241 cm³/mol. The van der Waals surface area contributed by atoms with Crippen LogP contribution in [0, 0.1) is 0 Å². The maximum absolute atomic E-state index is 13.3. The van der Waals surface area contributed by atoms with E-state index in [4.69, 9.17) is 14.5 Å². The molecule has 0 bridgehead atoms. The van der Waals surface area contributed by atoms with Crippen molar-refractivity contribution in [2.45, 2.75) is 108 Å². The number of aryl methyl sites for hydroxylation is 1. The second kappa shape index (κ2) is 17.1. The standard InChI is InChI=1S/C48H53F2N11O5/c1-2-48(65)17-11-28-3-9-40(53-43(28)48)61-44-37(46(64)60(61)22-16-39(49)50)25-51-47(55-44)52-31-4-6-32(7-5-31)57-18-12-33(13-19-57)58-20-14-34(15-21-58)59-26-29-23-36-38(24-30(29)27-59)66-56-42(36)35-8-10-41(62)54-45(35)63/h3-7,9,16,23-25,33-35,46,64-65H,2,8,10-15,17-22,26-27H2,1H3,(H,51,52,55)(H,54,62,63)/t35?,46?,48-/m1/s1. The van der Waals surface area contributed by atoms with E-state index in [1.54, 1.807) is 6.07 Å². The van der Waals surface area contributed by atoms with E-state index in [0.29, 0.717) is 78.4 Å². The molecule has 3 fully saturated rings. The molecule has 5 aromatic rings. The van der Waals surface area contributed by atoms with Crippen LogP contribution in [0.15, 0.2) is 71.4 Å². The number of rotatable bonds is 10. The van der Waals surface area contributed by atoms with E-state index >= 15 is 0 Å². The van der Waals surface area contributed by atoms with Crippen LogP contribution in [0.5, 0.6) is 0 Å². The predicted octanol–water partition coefficient (Wildman–Crippen LogP) is 6.41. The van der Waals surface area contributed by atoms with E-state index in [9.17, 15) is 28.6 Å². The number of pyridine rings is 1. The van der Waals surface area contributed by atoms with E-state index in [-0.39, 0.29) is 24.3 Å². The van der Waals surface area contributed by atoms with Gasteiger partial charge in [0, 0.05) is 74.2 Å². The van der Waals surface area contributed by atoms with E-state index in [0.717, 1.165) is 93.4 Å². The third kappa shape index (κ3) is 7.77. The molecule has 1 aliphatic carbocycles. The highest BCUT2D eigenvalue weighted by molar-refractivity contribution is 6.02. The zero-order chi connectivity index (χ0) is 45.3. The first-order chi connectivity index (χ1) is 32.0. The van der Waals surface area contributed by atoms with Gasteiger partial charge in [-0.2, -0.15) is 18.8 Å². The molecule has 5 aliphatic heterocycles. The monoisotopic (exact) mass is 901 g/mol. The minimum atomic E-state index is -1.87. The summed E-state index contributed by atoms with van der Waals surface area (Å²) in [5, 5.41) is 36.3. The zero-order valence-electron chi connectivity index (χ0n) is 36.8. The first-order valence-electron chi connectivity index (χ1n) is 23.2. The Kier molecular flexibility index (Phi) is 11.0. The minimum absolute atomic E-state index is 0.239. The topological polar surface area (TPSA) is 180 Å². The lowest BCUT2D eigenvalue weighted by Gasteiger charge is -2.43. The van der Waals surface area contributed by atoms with Crippen LogP contribution in [-0.2, 0) is 34.7 Å². The second-order valence-electron chi connectivity index (χ2n) is 18.6. The fourth-order valence-electron chi connectivity index (χ4n) is 11.1. The number of carbonyl (C=O) groups excluding carboxylic acids is 2. The molecule has 0 saturated carbocycles. The lowest BCUT2D eigenvalue weighted by atomic mass is 9.92. The van der Waals surface area contributed by atoms with Gasteiger partial charge in [-0.15, -0.1) is 0 Å². The number of nitrogens with zero attached hydrogens (tertiary/aromatic N) is 9. The van der Waals surface area contributed by atoms with Crippen LogP contribution in [-0.4, -0.2) is 102 Å². The number of aliphatic hydroxyl groups is 2. The van der Waals surface area contributed by atoms with Crippen LogP contribution in [0.3, 0.4) is 0 Å². The van der Waals surface area contributed by atoms with Crippen molar-refractivity contribution in [2.24, 2.45) is 0 Å². The number of piperidine rings is 3. The lowest BCUT2D eigenvalue weighted by Crippen LogP contribution is -2.50. The fraction of sp³-hybridized carbons (Fsp3) is 0.458. The lowest BCUT2D eigenvalue weighted by molar-refractivity contribution is -0.134. The number of likely N-dealkylation sites (tertiary alicyclic amines) is 1. The number of carbonyl (C=O) groups is 2. The summed E-state index contributed by atoms with van der Waals surface area (Å²) < 4.78 is 32.4. The van der Waals surface area contributed by atoms with Crippen LogP contribution < -0.4 is 20.5 Å². The third-order valence-electron chi connectivity index (χ3n) is 14.9. The van der Waals surface area contributed by atoms with Crippen LogP contribution in [0.1, 0.15) is 104 Å². The number of aromatic nitrogens is 4. The van der Waals surface area contributed by atoms with Gasteiger partial charge in [0.2, 0.25) is 17.8 Å². The quantitative estimate of drug-likeness (QED) is 0.113. The first-order valence-corrected chi connectivity index (χ1v) is 23.2. The van der Waals surface area contributed by atoms with Crippen molar-refractivity contribution in [1.29, 1.82) is 0 Å². The van der Waals surface area contributed by atoms with Crippen molar-refractivity contribution in [1.82, 2.24) is 40.2 Å². The van der Waals surface area contributed by atoms with Gasteiger partial charge in [-0.3, -0.25) is 19.8 Å². The van der Waals surface area contributed by atoms with Crippen LogP contribution in [0.2, 0.25) is 0 Å². The van der Waals surface area contributed by atoms with Crippen molar-refractivity contribution in [3.05, 3.63) is 101 Å². The summed E-state index contributed by atoms with van der Waals surface area (Å²) >= 11 is 0. The van der Waals surface area contributed by atoms with Crippen LogP contribution in [0.25, 0.3) is 11.0 Å². The van der Waals surface area contributed by atoms with Gasteiger partial charge in [-0.25, -0.2) is 15.0 Å². The molecule has 3 saturated heterocycles. The van der Waals surface area contributed by atoms with E-state index in [1.165, 1.54) is 27.3 Å². The normalized spacial score (nSPS) is 24.2. The largest absolute Gasteiger partial charge is 0.384 e.